The molecule has 2 N–H and O–H groups in total. The van der Waals surface area contributed by atoms with Crippen LogP contribution in [0.15, 0.2) is 12.7 Å². The smallest absolute Gasteiger partial charge is 0.0214 e. The largest absolute Gasteiger partial charge is 0.325 e. The van der Waals surface area contributed by atoms with Gasteiger partial charge >= 0.3 is 0 Å². The van der Waals surface area contributed by atoms with Crippen LogP contribution in [0.1, 0.15) is 72.1 Å². The van der Waals surface area contributed by atoms with Crippen molar-refractivity contribution in [2.45, 2.75) is 77.7 Å². The molecule has 0 amide bonds. The fraction of sp³-hybridized carbons (Fsp3) is 0.867. The zero-order chi connectivity index (χ0) is 12.4. The van der Waals surface area contributed by atoms with Crippen LogP contribution in [0.4, 0.5) is 0 Å². The van der Waals surface area contributed by atoms with Gasteiger partial charge in [0.25, 0.3) is 0 Å². The molecule has 0 aliphatic heterocycles. The maximum absolute atomic E-state index is 6.51. The quantitative estimate of drug-likeness (QED) is 0.424. The van der Waals surface area contributed by atoms with Crippen molar-refractivity contribution in [2.75, 3.05) is 0 Å². The first-order valence-electron chi connectivity index (χ1n) is 7.04. The van der Waals surface area contributed by atoms with Crippen LogP contribution < -0.4 is 5.73 Å². The molecule has 0 bridgehead atoms. The van der Waals surface area contributed by atoms with E-state index in [0.717, 1.165) is 12.8 Å². The third kappa shape index (κ3) is 5.16. The molecular weight excluding hydrogens is 194 g/mol. The lowest BCUT2D eigenvalue weighted by atomic mass is 9.75. The first-order chi connectivity index (χ1) is 7.64. The predicted molar refractivity (Wildman–Crippen MR) is 74.6 cm³/mol. The van der Waals surface area contributed by atoms with Crippen LogP contribution in [0.5, 0.6) is 0 Å². The Bertz CT molecular complexity index is 176. The molecule has 0 saturated carbocycles. The molecule has 0 spiro atoms. The van der Waals surface area contributed by atoms with Gasteiger partial charge in [-0.15, -0.1) is 6.58 Å². The Morgan fingerprint density at radius 2 is 1.88 bits per heavy atom. The lowest BCUT2D eigenvalue weighted by Crippen LogP contribution is -2.46. The Morgan fingerprint density at radius 3 is 2.31 bits per heavy atom. The summed E-state index contributed by atoms with van der Waals surface area (Å²) in [6, 6.07) is 0. The van der Waals surface area contributed by atoms with Gasteiger partial charge in [0.2, 0.25) is 0 Å². The minimum Gasteiger partial charge on any atom is -0.325 e. The fourth-order valence-corrected chi connectivity index (χ4v) is 2.58. The molecule has 0 heterocycles. The average molecular weight is 225 g/mol. The van der Waals surface area contributed by atoms with Gasteiger partial charge in [0, 0.05) is 5.54 Å². The second-order valence-corrected chi connectivity index (χ2v) is 5.03. The van der Waals surface area contributed by atoms with E-state index in [1.165, 1.54) is 38.5 Å². The Morgan fingerprint density at radius 1 is 1.19 bits per heavy atom. The highest BCUT2D eigenvalue weighted by atomic mass is 14.7. The van der Waals surface area contributed by atoms with Gasteiger partial charge in [0.1, 0.15) is 0 Å². The fourth-order valence-electron chi connectivity index (χ4n) is 2.58. The highest BCUT2D eigenvalue weighted by Gasteiger charge is 2.29. The van der Waals surface area contributed by atoms with E-state index < -0.39 is 0 Å². The summed E-state index contributed by atoms with van der Waals surface area (Å²) < 4.78 is 0. The van der Waals surface area contributed by atoms with E-state index in [1.807, 2.05) is 6.08 Å². The van der Waals surface area contributed by atoms with Crippen molar-refractivity contribution >= 4 is 0 Å². The number of nitrogens with two attached hydrogens (primary N) is 1. The minimum absolute atomic E-state index is 0.0112. The normalized spacial score (nSPS) is 16.8. The van der Waals surface area contributed by atoms with Crippen LogP contribution in [0.25, 0.3) is 0 Å². The Hall–Kier alpha value is -0.300. The SMILES string of the molecule is C=CCC(N)(CC)C(CC)CCCCCC. The summed E-state index contributed by atoms with van der Waals surface area (Å²) in [5.41, 5.74) is 6.49. The maximum Gasteiger partial charge on any atom is 0.0214 e. The van der Waals surface area contributed by atoms with Crippen LogP contribution >= 0.6 is 0 Å². The summed E-state index contributed by atoms with van der Waals surface area (Å²) in [7, 11) is 0. The molecule has 16 heavy (non-hydrogen) atoms. The van der Waals surface area contributed by atoms with Gasteiger partial charge in [-0.1, -0.05) is 59.0 Å². The van der Waals surface area contributed by atoms with Crippen molar-refractivity contribution < 1.29 is 0 Å². The van der Waals surface area contributed by atoms with E-state index in [9.17, 15) is 0 Å². The summed E-state index contributed by atoms with van der Waals surface area (Å²) in [4.78, 5) is 0. The summed E-state index contributed by atoms with van der Waals surface area (Å²) in [6.07, 6.45) is 11.9. The van der Waals surface area contributed by atoms with Crippen LogP contribution in [0.2, 0.25) is 0 Å². The van der Waals surface area contributed by atoms with Crippen molar-refractivity contribution in [3.8, 4) is 0 Å². The van der Waals surface area contributed by atoms with E-state index in [-0.39, 0.29) is 5.54 Å². The molecule has 0 rings (SSSR count). The molecular formula is C15H31N. The van der Waals surface area contributed by atoms with Crippen molar-refractivity contribution in [3.05, 3.63) is 12.7 Å². The molecule has 0 aromatic rings. The van der Waals surface area contributed by atoms with Gasteiger partial charge in [0.05, 0.1) is 0 Å². The highest BCUT2D eigenvalue weighted by Crippen LogP contribution is 2.30. The van der Waals surface area contributed by atoms with Crippen LogP contribution in [-0.4, -0.2) is 5.54 Å². The lowest BCUT2D eigenvalue weighted by Gasteiger charge is -2.36. The highest BCUT2D eigenvalue weighted by molar-refractivity contribution is 4.94. The van der Waals surface area contributed by atoms with Gasteiger partial charge in [-0.05, 0) is 25.2 Å². The minimum atomic E-state index is -0.0112. The molecule has 1 heteroatoms. The van der Waals surface area contributed by atoms with Gasteiger partial charge < -0.3 is 5.73 Å². The molecule has 0 radical (unpaired) electrons. The van der Waals surface area contributed by atoms with E-state index in [1.54, 1.807) is 0 Å². The second kappa shape index (κ2) is 8.81. The Labute approximate surface area is 102 Å². The summed E-state index contributed by atoms with van der Waals surface area (Å²) >= 11 is 0. The van der Waals surface area contributed by atoms with Crippen LogP contribution in [-0.2, 0) is 0 Å². The van der Waals surface area contributed by atoms with Crippen molar-refractivity contribution in [1.29, 1.82) is 0 Å². The molecule has 96 valence electrons. The van der Waals surface area contributed by atoms with E-state index >= 15 is 0 Å². The van der Waals surface area contributed by atoms with Gasteiger partial charge in [0.15, 0.2) is 0 Å². The molecule has 2 atom stereocenters. The third-order valence-electron chi connectivity index (χ3n) is 3.89. The maximum atomic E-state index is 6.51. The molecule has 0 aromatic heterocycles. The van der Waals surface area contributed by atoms with Crippen molar-refractivity contribution in [1.82, 2.24) is 0 Å². The molecule has 1 nitrogen and oxygen atoms in total. The standard InChI is InChI=1S/C15H31N/c1-5-9-10-11-12-14(7-3)15(16,8-4)13-6-2/h6,14H,2,5,7-13,16H2,1,3-4H3. The van der Waals surface area contributed by atoms with Gasteiger partial charge in [-0.25, -0.2) is 0 Å². The molecule has 0 aromatic carbocycles. The third-order valence-corrected chi connectivity index (χ3v) is 3.89. The van der Waals surface area contributed by atoms with Crippen LogP contribution in [0, 0.1) is 5.92 Å². The summed E-state index contributed by atoms with van der Waals surface area (Å²) in [5.74, 6) is 0.660. The van der Waals surface area contributed by atoms with Crippen LogP contribution in [0.3, 0.4) is 0 Å². The second-order valence-electron chi connectivity index (χ2n) is 5.03. The molecule has 0 aliphatic carbocycles. The van der Waals surface area contributed by atoms with Crippen molar-refractivity contribution in [3.63, 3.8) is 0 Å². The first-order valence-corrected chi connectivity index (χ1v) is 7.04. The zero-order valence-electron chi connectivity index (χ0n) is 11.6. The summed E-state index contributed by atoms with van der Waals surface area (Å²) in [6.45, 7) is 10.6. The van der Waals surface area contributed by atoms with Gasteiger partial charge in [-0.2, -0.15) is 0 Å². The predicted octanol–water partition coefficient (Wildman–Crippen LogP) is 4.67. The molecule has 2 unspecified atom stereocenters. The molecule has 0 fully saturated rings. The first kappa shape index (κ1) is 15.7. The van der Waals surface area contributed by atoms with Gasteiger partial charge in [-0.3, -0.25) is 0 Å². The number of hydrogen-bond acceptors (Lipinski definition) is 1. The number of rotatable bonds is 10. The molecule has 0 aliphatic rings. The van der Waals surface area contributed by atoms with E-state index in [2.05, 4.69) is 27.4 Å². The Kier molecular flexibility index (Phi) is 8.64. The Balaban J connectivity index is 4.16. The average Bonchev–Trinajstić information content (AvgIpc) is 2.29. The topological polar surface area (TPSA) is 26.0 Å². The summed E-state index contributed by atoms with van der Waals surface area (Å²) in [5, 5.41) is 0. The van der Waals surface area contributed by atoms with E-state index in [0.29, 0.717) is 5.92 Å². The lowest BCUT2D eigenvalue weighted by molar-refractivity contribution is 0.234. The monoisotopic (exact) mass is 225 g/mol. The zero-order valence-corrected chi connectivity index (χ0v) is 11.6. The number of hydrogen-bond donors (Lipinski definition) is 1. The molecule has 0 saturated heterocycles. The number of unbranched alkanes of at least 4 members (excludes halogenated alkanes) is 3. The van der Waals surface area contributed by atoms with E-state index in [4.69, 9.17) is 5.73 Å². The van der Waals surface area contributed by atoms with Crippen molar-refractivity contribution in [2.24, 2.45) is 11.7 Å².